The summed E-state index contributed by atoms with van der Waals surface area (Å²) in [5.74, 6) is -0.246. The van der Waals surface area contributed by atoms with Gasteiger partial charge in [-0.1, -0.05) is 11.6 Å². The standard InChI is InChI=1S/C17H16ClN3O3/c1-24-15-5-4-12(18)8-14(15)21-10-11(7-16(21)22)17(23)20-13-3-2-6-19-9-13/h2-6,8-9,11H,7,10H2,1H3,(H,20,23)/t11-/m0/s1. The molecule has 0 spiro atoms. The number of carbonyl (C=O) groups excluding carboxylic acids is 2. The largest absolute Gasteiger partial charge is 0.495 e. The summed E-state index contributed by atoms with van der Waals surface area (Å²) < 4.78 is 5.29. The first-order valence-electron chi connectivity index (χ1n) is 7.43. The Balaban J connectivity index is 1.76. The summed E-state index contributed by atoms with van der Waals surface area (Å²) in [5.41, 5.74) is 1.18. The van der Waals surface area contributed by atoms with Crippen LogP contribution in [0.3, 0.4) is 0 Å². The van der Waals surface area contributed by atoms with Crippen molar-refractivity contribution < 1.29 is 14.3 Å². The maximum absolute atomic E-state index is 12.4. The zero-order chi connectivity index (χ0) is 17.1. The van der Waals surface area contributed by atoms with Crippen LogP contribution in [0.25, 0.3) is 0 Å². The fourth-order valence-corrected chi connectivity index (χ4v) is 2.84. The number of benzene rings is 1. The Labute approximate surface area is 144 Å². The first kappa shape index (κ1) is 16.3. The van der Waals surface area contributed by atoms with Crippen LogP contribution in [0, 0.1) is 5.92 Å². The summed E-state index contributed by atoms with van der Waals surface area (Å²) in [6, 6.07) is 8.54. The fourth-order valence-electron chi connectivity index (χ4n) is 2.67. The molecule has 1 aromatic carbocycles. The van der Waals surface area contributed by atoms with Crippen LogP contribution in [0.15, 0.2) is 42.7 Å². The lowest BCUT2D eigenvalue weighted by atomic mass is 10.1. The number of methoxy groups -OCH3 is 1. The molecule has 1 aliphatic rings. The van der Waals surface area contributed by atoms with Gasteiger partial charge in [-0.3, -0.25) is 14.6 Å². The van der Waals surface area contributed by atoms with Gasteiger partial charge in [0.25, 0.3) is 0 Å². The van der Waals surface area contributed by atoms with Gasteiger partial charge < -0.3 is 15.0 Å². The van der Waals surface area contributed by atoms with Gasteiger partial charge in [0, 0.05) is 24.2 Å². The maximum atomic E-state index is 12.4. The summed E-state index contributed by atoms with van der Waals surface area (Å²) >= 11 is 6.03. The number of hydrogen-bond acceptors (Lipinski definition) is 4. The number of rotatable bonds is 4. The minimum Gasteiger partial charge on any atom is -0.495 e. The molecule has 2 aromatic rings. The molecule has 6 nitrogen and oxygen atoms in total. The molecule has 0 aliphatic carbocycles. The molecular formula is C17H16ClN3O3. The van der Waals surface area contributed by atoms with Crippen LogP contribution in [0.2, 0.25) is 5.02 Å². The quantitative estimate of drug-likeness (QED) is 0.924. The number of ether oxygens (including phenoxy) is 1. The predicted molar refractivity (Wildman–Crippen MR) is 91.3 cm³/mol. The molecule has 0 bridgehead atoms. The molecule has 1 aromatic heterocycles. The predicted octanol–water partition coefficient (Wildman–Crippen LogP) is 2.74. The van der Waals surface area contributed by atoms with Crippen LogP contribution < -0.4 is 15.0 Å². The average Bonchev–Trinajstić information content (AvgIpc) is 2.97. The summed E-state index contributed by atoms with van der Waals surface area (Å²) in [4.78, 5) is 30.2. The van der Waals surface area contributed by atoms with Crippen LogP contribution >= 0.6 is 11.6 Å². The van der Waals surface area contributed by atoms with Gasteiger partial charge in [-0.25, -0.2) is 0 Å². The van der Waals surface area contributed by atoms with E-state index in [-0.39, 0.29) is 24.8 Å². The van der Waals surface area contributed by atoms with Crippen molar-refractivity contribution >= 4 is 34.8 Å². The molecule has 24 heavy (non-hydrogen) atoms. The summed E-state index contributed by atoms with van der Waals surface area (Å²) in [7, 11) is 1.53. The molecule has 0 saturated carbocycles. The van der Waals surface area contributed by atoms with Crippen molar-refractivity contribution in [1.29, 1.82) is 0 Å². The van der Waals surface area contributed by atoms with Crippen LogP contribution in [0.4, 0.5) is 11.4 Å². The molecule has 2 amide bonds. The number of carbonyl (C=O) groups is 2. The Morgan fingerprint density at radius 2 is 2.25 bits per heavy atom. The lowest BCUT2D eigenvalue weighted by Gasteiger charge is -2.19. The second-order valence-corrected chi connectivity index (χ2v) is 5.89. The highest BCUT2D eigenvalue weighted by Crippen LogP contribution is 2.35. The van der Waals surface area contributed by atoms with Gasteiger partial charge >= 0.3 is 0 Å². The number of pyridine rings is 1. The molecule has 124 valence electrons. The van der Waals surface area contributed by atoms with Crippen LogP contribution in [-0.2, 0) is 9.59 Å². The highest BCUT2D eigenvalue weighted by molar-refractivity contribution is 6.31. The van der Waals surface area contributed by atoms with Crippen molar-refractivity contribution in [3.05, 3.63) is 47.7 Å². The molecule has 1 fully saturated rings. The van der Waals surface area contributed by atoms with Gasteiger partial charge in [-0.15, -0.1) is 0 Å². The SMILES string of the molecule is COc1ccc(Cl)cc1N1C[C@@H](C(=O)Nc2cccnc2)CC1=O. The zero-order valence-corrected chi connectivity index (χ0v) is 13.8. The van der Waals surface area contributed by atoms with Crippen LogP contribution in [0.5, 0.6) is 5.75 Å². The molecule has 7 heteroatoms. The molecule has 1 saturated heterocycles. The Morgan fingerprint density at radius 3 is 2.96 bits per heavy atom. The van der Waals surface area contributed by atoms with Crippen molar-refractivity contribution in [2.75, 3.05) is 23.9 Å². The number of halogens is 1. The summed E-state index contributed by atoms with van der Waals surface area (Å²) in [5, 5.41) is 3.28. The monoisotopic (exact) mass is 345 g/mol. The van der Waals surface area contributed by atoms with E-state index >= 15 is 0 Å². The van der Waals surface area contributed by atoms with Crippen molar-refractivity contribution in [2.24, 2.45) is 5.92 Å². The topological polar surface area (TPSA) is 71.5 Å². The van der Waals surface area contributed by atoms with Crippen molar-refractivity contribution in [3.8, 4) is 5.75 Å². The van der Waals surface area contributed by atoms with Crippen LogP contribution in [0.1, 0.15) is 6.42 Å². The molecule has 2 heterocycles. The average molecular weight is 346 g/mol. The van der Waals surface area contributed by atoms with E-state index in [2.05, 4.69) is 10.3 Å². The number of aromatic nitrogens is 1. The fraction of sp³-hybridized carbons (Fsp3) is 0.235. The maximum Gasteiger partial charge on any atom is 0.229 e. The van der Waals surface area contributed by atoms with E-state index in [1.807, 2.05) is 0 Å². The summed E-state index contributed by atoms with van der Waals surface area (Å²) in [6.45, 7) is 0.279. The number of amides is 2. The number of nitrogens with one attached hydrogen (secondary N) is 1. The van der Waals surface area contributed by atoms with Crippen molar-refractivity contribution in [1.82, 2.24) is 4.98 Å². The van der Waals surface area contributed by atoms with Crippen molar-refractivity contribution in [2.45, 2.75) is 6.42 Å². The highest BCUT2D eigenvalue weighted by atomic mass is 35.5. The number of nitrogens with zero attached hydrogens (tertiary/aromatic N) is 2. The second kappa shape index (κ2) is 6.88. The third-order valence-electron chi connectivity index (χ3n) is 3.86. The molecule has 0 radical (unpaired) electrons. The van der Waals surface area contributed by atoms with Crippen molar-refractivity contribution in [3.63, 3.8) is 0 Å². The van der Waals surface area contributed by atoms with E-state index < -0.39 is 5.92 Å². The molecule has 0 unspecified atom stereocenters. The van der Waals surface area contributed by atoms with Crippen LogP contribution in [-0.4, -0.2) is 30.5 Å². The third-order valence-corrected chi connectivity index (χ3v) is 4.09. The highest BCUT2D eigenvalue weighted by Gasteiger charge is 2.36. The van der Waals surface area contributed by atoms with E-state index in [0.29, 0.717) is 22.1 Å². The van der Waals surface area contributed by atoms with E-state index in [9.17, 15) is 9.59 Å². The van der Waals surface area contributed by atoms with Gasteiger partial charge in [0.1, 0.15) is 5.75 Å². The lowest BCUT2D eigenvalue weighted by molar-refractivity contribution is -0.122. The smallest absolute Gasteiger partial charge is 0.229 e. The van der Waals surface area contributed by atoms with Gasteiger partial charge in [0.15, 0.2) is 0 Å². The third kappa shape index (κ3) is 3.33. The normalized spacial score (nSPS) is 17.0. The second-order valence-electron chi connectivity index (χ2n) is 5.45. The molecule has 3 rings (SSSR count). The van der Waals surface area contributed by atoms with E-state index in [0.717, 1.165) is 0 Å². The van der Waals surface area contributed by atoms with Gasteiger partial charge in [0.05, 0.1) is 30.6 Å². The molecular weight excluding hydrogens is 330 g/mol. The Kier molecular flexibility index (Phi) is 4.66. The minimum atomic E-state index is -0.443. The number of hydrogen-bond donors (Lipinski definition) is 1. The van der Waals surface area contributed by atoms with Gasteiger partial charge in [0.2, 0.25) is 11.8 Å². The number of anilines is 2. The van der Waals surface area contributed by atoms with E-state index in [4.69, 9.17) is 16.3 Å². The Bertz CT molecular complexity index is 767. The zero-order valence-electron chi connectivity index (χ0n) is 13.0. The lowest BCUT2D eigenvalue weighted by Crippen LogP contribution is -2.28. The Hall–Kier alpha value is -2.60. The van der Waals surface area contributed by atoms with E-state index in [1.165, 1.54) is 12.0 Å². The minimum absolute atomic E-state index is 0.137. The summed E-state index contributed by atoms with van der Waals surface area (Å²) in [6.07, 6.45) is 3.33. The van der Waals surface area contributed by atoms with Gasteiger partial charge in [-0.05, 0) is 30.3 Å². The molecule has 1 aliphatic heterocycles. The van der Waals surface area contributed by atoms with Gasteiger partial charge in [-0.2, -0.15) is 0 Å². The Morgan fingerprint density at radius 1 is 1.42 bits per heavy atom. The molecule has 1 N–H and O–H groups in total. The first-order valence-corrected chi connectivity index (χ1v) is 7.81. The first-order chi connectivity index (χ1) is 11.6. The molecule has 1 atom stereocenters. The van der Waals surface area contributed by atoms with E-state index in [1.54, 1.807) is 42.7 Å².